The molecule has 0 atom stereocenters. The first-order valence-corrected chi connectivity index (χ1v) is 9.18. The minimum atomic E-state index is -0.444. The van der Waals surface area contributed by atoms with E-state index >= 15 is 0 Å². The molecule has 0 radical (unpaired) electrons. The zero-order chi connectivity index (χ0) is 20.3. The van der Waals surface area contributed by atoms with E-state index in [0.717, 1.165) is 22.5 Å². The third-order valence-corrected chi connectivity index (χ3v) is 4.67. The van der Waals surface area contributed by atoms with Crippen molar-refractivity contribution in [2.75, 3.05) is 5.32 Å². The van der Waals surface area contributed by atoms with Crippen molar-refractivity contribution in [2.24, 2.45) is 0 Å². The maximum Gasteiger partial charge on any atom is 0.248 e. The summed E-state index contributed by atoms with van der Waals surface area (Å²) in [6.07, 6.45) is 3.14. The van der Waals surface area contributed by atoms with Crippen LogP contribution in [0.25, 0.3) is 6.08 Å². The summed E-state index contributed by atoms with van der Waals surface area (Å²) in [6.45, 7) is 8.42. The van der Waals surface area contributed by atoms with Crippen molar-refractivity contribution in [3.05, 3.63) is 88.0 Å². The Bertz CT molecular complexity index is 1030. The van der Waals surface area contributed by atoms with Crippen molar-refractivity contribution < 1.29 is 9.18 Å². The Labute approximate surface area is 164 Å². The lowest BCUT2D eigenvalue weighted by atomic mass is 10.1. The highest BCUT2D eigenvalue weighted by Crippen LogP contribution is 2.18. The molecule has 5 heteroatoms. The number of aryl methyl sites for hydroxylation is 3. The number of carbonyl (C=O) groups is 1. The number of benzene rings is 2. The summed E-state index contributed by atoms with van der Waals surface area (Å²) >= 11 is 0. The van der Waals surface area contributed by atoms with Gasteiger partial charge in [-0.2, -0.15) is 5.10 Å². The largest absolute Gasteiger partial charge is 0.320 e. The van der Waals surface area contributed by atoms with Gasteiger partial charge in [-0.3, -0.25) is 9.48 Å². The topological polar surface area (TPSA) is 46.9 Å². The van der Waals surface area contributed by atoms with Gasteiger partial charge >= 0.3 is 0 Å². The molecule has 0 spiro atoms. The monoisotopic (exact) mass is 377 g/mol. The van der Waals surface area contributed by atoms with Crippen LogP contribution < -0.4 is 5.32 Å². The summed E-state index contributed by atoms with van der Waals surface area (Å²) in [5.74, 6) is -0.826. The number of nitrogens with zero attached hydrogens (tertiary/aromatic N) is 2. The van der Waals surface area contributed by atoms with Crippen LogP contribution in [0.4, 0.5) is 10.1 Å². The second kappa shape index (κ2) is 8.21. The Kier molecular flexibility index (Phi) is 5.73. The van der Waals surface area contributed by atoms with Crippen LogP contribution in [0.2, 0.25) is 0 Å². The number of amides is 1. The Morgan fingerprint density at radius 1 is 1.07 bits per heavy atom. The molecule has 0 unspecified atom stereocenters. The average Bonchev–Trinajstić information content (AvgIpc) is 2.91. The summed E-state index contributed by atoms with van der Waals surface area (Å²) in [6, 6.07) is 13.0. The number of anilines is 1. The van der Waals surface area contributed by atoms with Gasteiger partial charge in [-0.1, -0.05) is 35.9 Å². The fourth-order valence-corrected chi connectivity index (χ4v) is 3.03. The Morgan fingerprint density at radius 2 is 1.75 bits per heavy atom. The van der Waals surface area contributed by atoms with Gasteiger partial charge < -0.3 is 5.32 Å². The van der Waals surface area contributed by atoms with Crippen LogP contribution in [0.15, 0.2) is 48.5 Å². The fraction of sp³-hybridized carbons (Fsp3) is 0.217. The van der Waals surface area contributed by atoms with Gasteiger partial charge in [-0.15, -0.1) is 0 Å². The third-order valence-electron chi connectivity index (χ3n) is 4.67. The molecular weight excluding hydrogens is 353 g/mol. The van der Waals surface area contributed by atoms with Crippen LogP contribution in [-0.2, 0) is 11.3 Å². The second-order valence-electron chi connectivity index (χ2n) is 7.03. The highest BCUT2D eigenvalue weighted by Gasteiger charge is 2.10. The summed E-state index contributed by atoms with van der Waals surface area (Å²) < 4.78 is 15.8. The van der Waals surface area contributed by atoms with E-state index in [1.807, 2.05) is 18.5 Å². The first kappa shape index (κ1) is 19.5. The first-order valence-electron chi connectivity index (χ1n) is 9.18. The molecule has 0 aliphatic heterocycles. The average molecular weight is 377 g/mol. The van der Waals surface area contributed by atoms with E-state index in [2.05, 4.69) is 41.6 Å². The van der Waals surface area contributed by atoms with E-state index in [-0.39, 0.29) is 11.6 Å². The number of carbonyl (C=O) groups excluding carboxylic acids is 1. The molecule has 3 rings (SSSR count). The predicted octanol–water partition coefficient (Wildman–Crippen LogP) is 4.96. The molecule has 0 saturated heterocycles. The van der Waals surface area contributed by atoms with Gasteiger partial charge in [-0.25, -0.2) is 4.39 Å². The fourth-order valence-electron chi connectivity index (χ4n) is 3.03. The summed E-state index contributed by atoms with van der Waals surface area (Å²) in [5, 5.41) is 7.16. The van der Waals surface area contributed by atoms with Crippen LogP contribution in [-0.4, -0.2) is 15.7 Å². The van der Waals surface area contributed by atoms with Crippen LogP contribution in [0.3, 0.4) is 0 Å². The summed E-state index contributed by atoms with van der Waals surface area (Å²) in [7, 11) is 0. The number of nitrogens with one attached hydrogen (secondary N) is 1. The molecule has 4 nitrogen and oxygen atoms in total. The summed E-state index contributed by atoms with van der Waals surface area (Å²) in [4.78, 5) is 12.2. The molecule has 3 aromatic rings. The maximum absolute atomic E-state index is 13.9. The lowest BCUT2D eigenvalue weighted by molar-refractivity contribution is -0.111. The van der Waals surface area contributed by atoms with Gasteiger partial charge in [0.25, 0.3) is 0 Å². The molecule has 1 aromatic heterocycles. The second-order valence-corrected chi connectivity index (χ2v) is 7.03. The van der Waals surface area contributed by atoms with Gasteiger partial charge in [0, 0.05) is 17.3 Å². The van der Waals surface area contributed by atoms with E-state index in [4.69, 9.17) is 0 Å². The molecule has 0 aliphatic carbocycles. The minimum absolute atomic E-state index is 0.170. The lowest BCUT2D eigenvalue weighted by Gasteiger charge is -2.06. The molecule has 1 heterocycles. The van der Waals surface area contributed by atoms with Crippen molar-refractivity contribution >= 4 is 17.7 Å². The van der Waals surface area contributed by atoms with Crippen LogP contribution in [0, 0.1) is 33.5 Å². The Morgan fingerprint density at radius 3 is 2.43 bits per heavy atom. The molecule has 0 saturated carbocycles. The van der Waals surface area contributed by atoms with E-state index in [1.54, 1.807) is 25.1 Å². The standard InChI is InChI=1S/C23H24FN3O/c1-15-5-8-19(9-6-15)14-27-18(4)20(17(3)26-27)10-12-23(28)25-22-11-7-16(2)13-21(22)24/h5-13H,14H2,1-4H3,(H,25,28)/b12-10+. The highest BCUT2D eigenvalue weighted by molar-refractivity contribution is 6.02. The lowest BCUT2D eigenvalue weighted by Crippen LogP contribution is -2.09. The smallest absolute Gasteiger partial charge is 0.248 e. The quantitative estimate of drug-likeness (QED) is 0.639. The number of hydrogen-bond acceptors (Lipinski definition) is 2. The van der Waals surface area contributed by atoms with Crippen LogP contribution >= 0.6 is 0 Å². The van der Waals surface area contributed by atoms with Gasteiger partial charge in [0.2, 0.25) is 5.91 Å². The van der Waals surface area contributed by atoms with Gasteiger partial charge in [0.05, 0.1) is 17.9 Å². The molecule has 1 amide bonds. The maximum atomic E-state index is 13.9. The molecular formula is C23H24FN3O. The van der Waals surface area contributed by atoms with E-state index in [9.17, 15) is 9.18 Å². The van der Waals surface area contributed by atoms with Crippen LogP contribution in [0.5, 0.6) is 0 Å². The number of aromatic nitrogens is 2. The molecule has 1 N–H and O–H groups in total. The molecule has 0 aliphatic rings. The summed E-state index contributed by atoms with van der Waals surface area (Å²) in [5.41, 5.74) is 6.07. The van der Waals surface area contributed by atoms with Crippen LogP contribution in [0.1, 0.15) is 33.6 Å². The molecule has 2 aromatic carbocycles. The third kappa shape index (κ3) is 4.55. The van der Waals surface area contributed by atoms with Crippen molar-refractivity contribution in [3.8, 4) is 0 Å². The van der Waals surface area contributed by atoms with Crippen molar-refractivity contribution in [2.45, 2.75) is 34.2 Å². The Balaban J connectivity index is 1.73. The highest BCUT2D eigenvalue weighted by atomic mass is 19.1. The molecule has 0 bridgehead atoms. The van der Waals surface area contributed by atoms with Gasteiger partial charge in [0.1, 0.15) is 5.82 Å². The van der Waals surface area contributed by atoms with E-state index in [0.29, 0.717) is 6.54 Å². The molecule has 0 fully saturated rings. The molecule has 144 valence electrons. The zero-order valence-electron chi connectivity index (χ0n) is 16.6. The van der Waals surface area contributed by atoms with E-state index < -0.39 is 5.82 Å². The van der Waals surface area contributed by atoms with Crippen molar-refractivity contribution in [3.63, 3.8) is 0 Å². The number of halogens is 1. The minimum Gasteiger partial charge on any atom is -0.320 e. The SMILES string of the molecule is Cc1ccc(Cn2nc(C)c(/C=C/C(=O)Nc3ccc(C)cc3F)c2C)cc1. The van der Waals surface area contributed by atoms with Gasteiger partial charge in [-0.05, 0) is 57.0 Å². The van der Waals surface area contributed by atoms with Crippen molar-refractivity contribution in [1.29, 1.82) is 0 Å². The van der Waals surface area contributed by atoms with E-state index in [1.165, 1.54) is 23.3 Å². The number of hydrogen-bond donors (Lipinski definition) is 1. The Hall–Kier alpha value is -3.21. The zero-order valence-corrected chi connectivity index (χ0v) is 16.6. The van der Waals surface area contributed by atoms with Gasteiger partial charge in [0.15, 0.2) is 0 Å². The first-order chi connectivity index (χ1) is 13.3. The normalized spacial score (nSPS) is 11.2. The number of rotatable bonds is 5. The molecule has 28 heavy (non-hydrogen) atoms. The predicted molar refractivity (Wildman–Crippen MR) is 111 cm³/mol. The van der Waals surface area contributed by atoms with Crippen molar-refractivity contribution in [1.82, 2.24) is 9.78 Å².